The lowest BCUT2D eigenvalue weighted by Gasteiger charge is -2.18. The average molecular weight is 425 g/mol. The van der Waals surface area contributed by atoms with Crippen LogP contribution >= 0.6 is 35.0 Å². The number of hydrazine groups is 2. The average Bonchev–Trinajstić information content (AvgIpc) is 3.16. The summed E-state index contributed by atoms with van der Waals surface area (Å²) < 4.78 is 0. The van der Waals surface area contributed by atoms with Crippen molar-refractivity contribution in [2.45, 2.75) is 10.9 Å². The number of nitrogens with one attached hydrogen (secondary N) is 4. The van der Waals surface area contributed by atoms with Crippen LogP contribution in [0.15, 0.2) is 53.4 Å². The zero-order valence-corrected chi connectivity index (χ0v) is 16.5. The molecule has 2 unspecified atom stereocenters. The maximum atomic E-state index is 12.5. The third kappa shape index (κ3) is 5.60. The lowest BCUT2D eigenvalue weighted by molar-refractivity contribution is -0.130. The minimum Gasteiger partial charge on any atom is -0.273 e. The first-order chi connectivity index (χ1) is 13.0. The van der Waals surface area contributed by atoms with Crippen LogP contribution in [0.25, 0.3) is 0 Å². The maximum Gasteiger partial charge on any atom is 0.248 e. The minimum absolute atomic E-state index is 0.184. The zero-order chi connectivity index (χ0) is 19.2. The Kier molecular flexibility index (Phi) is 6.98. The van der Waals surface area contributed by atoms with Gasteiger partial charge < -0.3 is 0 Å². The van der Waals surface area contributed by atoms with E-state index < -0.39 is 0 Å². The molecule has 27 heavy (non-hydrogen) atoms. The molecule has 0 bridgehead atoms. The normalized spacial score (nSPS) is 18.9. The molecule has 0 radical (unpaired) electrons. The van der Waals surface area contributed by atoms with E-state index >= 15 is 0 Å². The van der Waals surface area contributed by atoms with E-state index in [2.05, 4.69) is 21.7 Å². The molecule has 2 amide bonds. The van der Waals surface area contributed by atoms with Crippen molar-refractivity contribution >= 4 is 46.8 Å². The number of thioether (sulfide) groups is 1. The van der Waals surface area contributed by atoms with Crippen molar-refractivity contribution in [3.05, 3.63) is 64.1 Å². The van der Waals surface area contributed by atoms with Gasteiger partial charge in [-0.3, -0.25) is 25.9 Å². The number of hydrogen-bond donors (Lipinski definition) is 4. The van der Waals surface area contributed by atoms with E-state index in [0.29, 0.717) is 16.6 Å². The van der Waals surface area contributed by atoms with Crippen LogP contribution < -0.4 is 21.7 Å². The predicted octanol–water partition coefficient (Wildman–Crippen LogP) is 2.70. The number of halogens is 2. The van der Waals surface area contributed by atoms with Crippen molar-refractivity contribution in [1.29, 1.82) is 0 Å². The number of carbonyl (C=O) groups excluding carboxylic acids is 2. The van der Waals surface area contributed by atoms with E-state index in [0.717, 1.165) is 10.5 Å². The molecule has 1 fully saturated rings. The van der Waals surface area contributed by atoms with Gasteiger partial charge in [0.1, 0.15) is 0 Å². The van der Waals surface area contributed by atoms with Crippen LogP contribution in [0.4, 0.5) is 0 Å². The molecule has 9 heteroatoms. The van der Waals surface area contributed by atoms with E-state index in [-0.39, 0.29) is 29.5 Å². The summed E-state index contributed by atoms with van der Waals surface area (Å²) in [6.45, 7) is 0.453. The highest BCUT2D eigenvalue weighted by atomic mass is 35.5. The molecule has 2 aromatic carbocycles. The summed E-state index contributed by atoms with van der Waals surface area (Å²) >= 11 is 13.1. The molecule has 0 aromatic heterocycles. The van der Waals surface area contributed by atoms with Crippen LogP contribution in [0.1, 0.15) is 11.6 Å². The number of benzene rings is 2. The monoisotopic (exact) mass is 424 g/mol. The summed E-state index contributed by atoms with van der Waals surface area (Å²) in [5, 5.41) is 1.28. The Balaban J connectivity index is 1.48. The highest BCUT2D eigenvalue weighted by Gasteiger charge is 2.34. The second-order valence-electron chi connectivity index (χ2n) is 5.94. The van der Waals surface area contributed by atoms with E-state index in [4.69, 9.17) is 23.2 Å². The standard InChI is InChI=1S/C18H18Cl2N4O2S/c19-12-3-1-11(2-4-12)17-15(9-21-23-17)18(26)24-22-16(25)10-27-14-7-5-13(20)6-8-14/h1-8,15,17,21,23H,9-10H2,(H,22,25)(H,24,26). The first-order valence-corrected chi connectivity index (χ1v) is 9.98. The number of hydrogen-bond acceptors (Lipinski definition) is 5. The fraction of sp³-hybridized carbons (Fsp3) is 0.222. The molecular formula is C18H18Cl2N4O2S. The highest BCUT2D eigenvalue weighted by molar-refractivity contribution is 8.00. The minimum atomic E-state index is -0.365. The van der Waals surface area contributed by atoms with Crippen LogP contribution in [0.2, 0.25) is 10.0 Å². The van der Waals surface area contributed by atoms with Crippen LogP contribution in [-0.4, -0.2) is 24.1 Å². The fourth-order valence-electron chi connectivity index (χ4n) is 2.67. The lowest BCUT2D eigenvalue weighted by atomic mass is 9.94. The van der Waals surface area contributed by atoms with Crippen molar-refractivity contribution in [3.8, 4) is 0 Å². The zero-order valence-electron chi connectivity index (χ0n) is 14.2. The van der Waals surface area contributed by atoms with Gasteiger partial charge in [0, 0.05) is 21.5 Å². The van der Waals surface area contributed by atoms with Gasteiger partial charge in [0.2, 0.25) is 11.8 Å². The Morgan fingerprint density at radius 3 is 2.30 bits per heavy atom. The van der Waals surface area contributed by atoms with Crippen molar-refractivity contribution in [3.63, 3.8) is 0 Å². The van der Waals surface area contributed by atoms with Gasteiger partial charge in [-0.15, -0.1) is 11.8 Å². The molecule has 2 aromatic rings. The molecular weight excluding hydrogens is 407 g/mol. The van der Waals surface area contributed by atoms with Crippen molar-refractivity contribution in [2.75, 3.05) is 12.3 Å². The quantitative estimate of drug-likeness (QED) is 0.438. The molecule has 142 valence electrons. The summed E-state index contributed by atoms with van der Waals surface area (Å²) in [6, 6.07) is 14.3. The summed E-state index contributed by atoms with van der Waals surface area (Å²) in [4.78, 5) is 25.4. The molecule has 1 heterocycles. The van der Waals surface area contributed by atoms with E-state index in [1.807, 2.05) is 24.3 Å². The molecule has 0 saturated carbocycles. The van der Waals surface area contributed by atoms with Gasteiger partial charge >= 0.3 is 0 Å². The number of rotatable bonds is 5. The first kappa shape index (κ1) is 20.0. The van der Waals surface area contributed by atoms with Crippen LogP contribution in [0.5, 0.6) is 0 Å². The fourth-order valence-corrected chi connectivity index (χ4v) is 3.62. The Morgan fingerprint density at radius 1 is 1.00 bits per heavy atom. The number of amides is 2. The highest BCUT2D eigenvalue weighted by Crippen LogP contribution is 2.26. The third-order valence-electron chi connectivity index (χ3n) is 4.06. The van der Waals surface area contributed by atoms with Gasteiger partial charge in [0.05, 0.1) is 17.7 Å². The second-order valence-corrected chi connectivity index (χ2v) is 7.86. The maximum absolute atomic E-state index is 12.5. The van der Waals surface area contributed by atoms with Gasteiger partial charge in [-0.05, 0) is 42.0 Å². The largest absolute Gasteiger partial charge is 0.273 e. The lowest BCUT2D eigenvalue weighted by Crippen LogP contribution is -2.46. The summed E-state index contributed by atoms with van der Waals surface area (Å²) in [5.74, 6) is -0.734. The van der Waals surface area contributed by atoms with Gasteiger partial charge in [0.25, 0.3) is 0 Å². The summed E-state index contributed by atoms with van der Waals surface area (Å²) in [7, 11) is 0. The van der Waals surface area contributed by atoms with E-state index in [1.54, 1.807) is 24.3 Å². The molecule has 2 atom stereocenters. The Morgan fingerprint density at radius 2 is 1.63 bits per heavy atom. The summed E-state index contributed by atoms with van der Waals surface area (Å²) in [6.07, 6.45) is 0. The van der Waals surface area contributed by atoms with Crippen molar-refractivity contribution < 1.29 is 9.59 Å². The topological polar surface area (TPSA) is 82.3 Å². The van der Waals surface area contributed by atoms with Crippen molar-refractivity contribution in [1.82, 2.24) is 21.7 Å². The number of carbonyl (C=O) groups is 2. The Hall–Kier alpha value is -1.77. The molecule has 1 saturated heterocycles. The molecule has 1 aliphatic rings. The van der Waals surface area contributed by atoms with Crippen LogP contribution in [0.3, 0.4) is 0 Å². The SMILES string of the molecule is O=C(CSc1ccc(Cl)cc1)NNC(=O)C1CNNC1c1ccc(Cl)cc1. The van der Waals surface area contributed by atoms with Crippen molar-refractivity contribution in [2.24, 2.45) is 5.92 Å². The van der Waals surface area contributed by atoms with E-state index in [9.17, 15) is 9.59 Å². The van der Waals surface area contributed by atoms with E-state index in [1.165, 1.54) is 11.8 Å². The predicted molar refractivity (Wildman–Crippen MR) is 107 cm³/mol. The summed E-state index contributed by atoms with van der Waals surface area (Å²) in [5.41, 5.74) is 12.0. The molecule has 1 aliphatic heterocycles. The molecule has 6 nitrogen and oxygen atoms in total. The second kappa shape index (κ2) is 9.43. The third-order valence-corrected chi connectivity index (χ3v) is 5.57. The molecule has 0 aliphatic carbocycles. The van der Waals surface area contributed by atoms with Gasteiger partial charge in [-0.2, -0.15) is 0 Å². The first-order valence-electron chi connectivity index (χ1n) is 8.24. The smallest absolute Gasteiger partial charge is 0.248 e. The van der Waals surface area contributed by atoms with Crippen LogP contribution in [0, 0.1) is 5.92 Å². The molecule has 3 rings (SSSR count). The van der Waals surface area contributed by atoms with Gasteiger partial charge in [-0.25, -0.2) is 5.43 Å². The Labute approximate surface area is 171 Å². The Bertz CT molecular complexity index is 802. The molecule has 4 N–H and O–H groups in total. The molecule has 0 spiro atoms. The van der Waals surface area contributed by atoms with Gasteiger partial charge in [-0.1, -0.05) is 35.3 Å². The van der Waals surface area contributed by atoms with Gasteiger partial charge in [0.15, 0.2) is 0 Å². The van der Waals surface area contributed by atoms with Crippen LogP contribution in [-0.2, 0) is 9.59 Å².